The van der Waals surface area contributed by atoms with E-state index in [0.29, 0.717) is 42.8 Å². The van der Waals surface area contributed by atoms with Crippen LogP contribution in [-0.2, 0) is 11.4 Å². The first-order valence-electron chi connectivity index (χ1n) is 11.5. The highest BCUT2D eigenvalue weighted by Gasteiger charge is 2.16. The molecule has 0 saturated carbocycles. The van der Waals surface area contributed by atoms with Gasteiger partial charge in [0.2, 0.25) is 0 Å². The van der Waals surface area contributed by atoms with Gasteiger partial charge in [-0.15, -0.1) is 0 Å². The molecule has 0 unspecified atom stereocenters. The van der Waals surface area contributed by atoms with Crippen LogP contribution in [0.4, 0.5) is 11.4 Å². The highest BCUT2D eigenvalue weighted by Crippen LogP contribution is 2.38. The van der Waals surface area contributed by atoms with Crippen molar-refractivity contribution in [3.05, 3.63) is 85.8 Å². The van der Waals surface area contributed by atoms with Gasteiger partial charge in [0.25, 0.3) is 5.91 Å². The predicted octanol–water partition coefficient (Wildman–Crippen LogP) is 7.74. The Labute approximate surface area is 235 Å². The smallest absolute Gasteiger partial charge is 0.266 e. The Bertz CT molecular complexity index is 1310. The lowest BCUT2D eigenvalue weighted by Gasteiger charge is -2.21. The second-order valence-electron chi connectivity index (χ2n) is 7.87. The average molecular weight is 603 g/mol. The van der Waals surface area contributed by atoms with E-state index in [9.17, 15) is 10.1 Å². The maximum Gasteiger partial charge on any atom is 0.266 e. The summed E-state index contributed by atoms with van der Waals surface area (Å²) in [7, 11) is 1.50. The molecular formula is C28H26BrCl2N3O3. The molecule has 192 valence electrons. The minimum atomic E-state index is -0.512. The topological polar surface area (TPSA) is 74.6 Å². The van der Waals surface area contributed by atoms with Crippen molar-refractivity contribution in [2.24, 2.45) is 0 Å². The summed E-state index contributed by atoms with van der Waals surface area (Å²) < 4.78 is 12.0. The average Bonchev–Trinajstić information content (AvgIpc) is 2.89. The van der Waals surface area contributed by atoms with Crippen LogP contribution < -0.4 is 19.7 Å². The van der Waals surface area contributed by atoms with Crippen LogP contribution in [0, 0.1) is 11.3 Å². The highest BCUT2D eigenvalue weighted by molar-refractivity contribution is 9.10. The summed E-state index contributed by atoms with van der Waals surface area (Å²) in [6.07, 6.45) is 1.49. The Morgan fingerprint density at radius 1 is 1.11 bits per heavy atom. The fraction of sp³-hybridized carbons (Fsp3) is 0.214. The molecule has 0 radical (unpaired) electrons. The molecule has 0 spiro atoms. The second-order valence-corrected chi connectivity index (χ2v) is 9.53. The van der Waals surface area contributed by atoms with Gasteiger partial charge in [-0.2, -0.15) is 5.26 Å². The van der Waals surface area contributed by atoms with Gasteiger partial charge in [-0.1, -0.05) is 29.3 Å². The van der Waals surface area contributed by atoms with E-state index in [2.05, 4.69) is 40.0 Å². The van der Waals surface area contributed by atoms with Gasteiger partial charge >= 0.3 is 0 Å². The number of nitriles is 1. The highest BCUT2D eigenvalue weighted by atomic mass is 79.9. The number of nitrogens with zero attached hydrogens (tertiary/aromatic N) is 2. The molecule has 0 aromatic heterocycles. The number of carbonyl (C=O) groups is 1. The number of nitrogens with one attached hydrogen (secondary N) is 1. The summed E-state index contributed by atoms with van der Waals surface area (Å²) in [5, 5.41) is 13.4. The Hall–Kier alpha value is -3.18. The number of amides is 1. The Balaban J connectivity index is 1.79. The quantitative estimate of drug-likeness (QED) is 0.190. The van der Waals surface area contributed by atoms with E-state index in [1.807, 2.05) is 30.3 Å². The minimum Gasteiger partial charge on any atom is -0.493 e. The van der Waals surface area contributed by atoms with Crippen LogP contribution in [0.1, 0.15) is 25.0 Å². The first kappa shape index (κ1) is 28.4. The van der Waals surface area contributed by atoms with E-state index < -0.39 is 5.91 Å². The van der Waals surface area contributed by atoms with Crippen LogP contribution in [0.5, 0.6) is 11.5 Å². The second kappa shape index (κ2) is 13.4. The molecule has 9 heteroatoms. The first-order valence-corrected chi connectivity index (χ1v) is 13.1. The fourth-order valence-electron chi connectivity index (χ4n) is 3.64. The normalized spacial score (nSPS) is 11.0. The summed E-state index contributed by atoms with van der Waals surface area (Å²) in [6, 6.07) is 18.1. The van der Waals surface area contributed by atoms with Gasteiger partial charge in [-0.3, -0.25) is 4.79 Å². The molecule has 0 bridgehead atoms. The molecular weight excluding hydrogens is 577 g/mol. The molecule has 0 aliphatic rings. The molecule has 37 heavy (non-hydrogen) atoms. The lowest BCUT2D eigenvalue weighted by atomic mass is 10.1. The number of carbonyl (C=O) groups excluding carboxylic acids is 1. The number of hydrogen-bond acceptors (Lipinski definition) is 5. The molecule has 6 nitrogen and oxygen atoms in total. The summed E-state index contributed by atoms with van der Waals surface area (Å²) in [4.78, 5) is 15.0. The number of benzene rings is 3. The van der Waals surface area contributed by atoms with Gasteiger partial charge < -0.3 is 19.7 Å². The van der Waals surface area contributed by atoms with Crippen LogP contribution in [0.25, 0.3) is 6.08 Å². The van der Waals surface area contributed by atoms with E-state index in [1.165, 1.54) is 13.2 Å². The molecule has 3 aromatic rings. The number of rotatable bonds is 10. The molecule has 0 heterocycles. The lowest BCUT2D eigenvalue weighted by molar-refractivity contribution is -0.112. The maximum absolute atomic E-state index is 12.8. The van der Waals surface area contributed by atoms with E-state index in [0.717, 1.165) is 18.8 Å². The third-order valence-corrected chi connectivity index (χ3v) is 6.90. The number of anilines is 2. The summed E-state index contributed by atoms with van der Waals surface area (Å²) in [5.41, 5.74) is 2.84. The van der Waals surface area contributed by atoms with Gasteiger partial charge in [-0.25, -0.2) is 0 Å². The molecule has 3 rings (SSSR count). The van der Waals surface area contributed by atoms with Crippen LogP contribution in [-0.4, -0.2) is 26.1 Å². The molecule has 0 atom stereocenters. The Morgan fingerprint density at radius 2 is 1.76 bits per heavy atom. The first-order chi connectivity index (χ1) is 17.8. The molecule has 1 N–H and O–H groups in total. The summed E-state index contributed by atoms with van der Waals surface area (Å²) in [5.74, 6) is 0.335. The van der Waals surface area contributed by atoms with Crippen molar-refractivity contribution < 1.29 is 14.3 Å². The molecule has 1 amide bonds. The fourth-order valence-corrected chi connectivity index (χ4v) is 4.72. The predicted molar refractivity (Wildman–Crippen MR) is 154 cm³/mol. The van der Waals surface area contributed by atoms with Crippen molar-refractivity contribution in [2.75, 3.05) is 30.4 Å². The van der Waals surface area contributed by atoms with Crippen LogP contribution in [0.2, 0.25) is 10.0 Å². The van der Waals surface area contributed by atoms with E-state index in [-0.39, 0.29) is 12.2 Å². The van der Waals surface area contributed by atoms with Crippen molar-refractivity contribution in [3.63, 3.8) is 0 Å². The summed E-state index contributed by atoms with van der Waals surface area (Å²) in [6.45, 7) is 6.08. The Kier molecular flexibility index (Phi) is 10.3. The van der Waals surface area contributed by atoms with Crippen molar-refractivity contribution in [1.82, 2.24) is 0 Å². The maximum atomic E-state index is 12.8. The number of ether oxygens (including phenoxy) is 2. The minimum absolute atomic E-state index is 0.0571. The number of hydrogen-bond donors (Lipinski definition) is 1. The third kappa shape index (κ3) is 7.20. The van der Waals surface area contributed by atoms with Crippen molar-refractivity contribution in [2.45, 2.75) is 20.5 Å². The van der Waals surface area contributed by atoms with Gasteiger partial charge in [0.15, 0.2) is 11.5 Å². The molecule has 0 aliphatic heterocycles. The van der Waals surface area contributed by atoms with Crippen molar-refractivity contribution in [3.8, 4) is 17.6 Å². The third-order valence-electron chi connectivity index (χ3n) is 5.60. The van der Waals surface area contributed by atoms with E-state index in [1.54, 1.807) is 30.3 Å². The van der Waals surface area contributed by atoms with Gasteiger partial charge in [0.1, 0.15) is 18.2 Å². The number of halogens is 3. The SMILES string of the molecule is CCN(CC)c1ccc(NC(=O)/C(C#N)=C\c2cc(Br)c(OCc3c(Cl)cccc3Cl)c(OC)c2)cc1. The zero-order valence-electron chi connectivity index (χ0n) is 20.6. The zero-order chi connectivity index (χ0) is 26.9. The van der Waals surface area contributed by atoms with Crippen LogP contribution in [0.3, 0.4) is 0 Å². The number of methoxy groups -OCH3 is 1. The molecule has 0 saturated heterocycles. The monoisotopic (exact) mass is 601 g/mol. The summed E-state index contributed by atoms with van der Waals surface area (Å²) >= 11 is 16.0. The van der Waals surface area contributed by atoms with E-state index in [4.69, 9.17) is 32.7 Å². The Morgan fingerprint density at radius 3 is 2.32 bits per heavy atom. The van der Waals surface area contributed by atoms with Crippen molar-refractivity contribution >= 4 is 62.5 Å². The van der Waals surface area contributed by atoms with Crippen LogP contribution >= 0.6 is 39.1 Å². The lowest BCUT2D eigenvalue weighted by Crippen LogP contribution is -2.21. The largest absolute Gasteiger partial charge is 0.493 e. The van der Waals surface area contributed by atoms with E-state index >= 15 is 0 Å². The van der Waals surface area contributed by atoms with Crippen molar-refractivity contribution in [1.29, 1.82) is 5.26 Å². The van der Waals surface area contributed by atoms with Gasteiger partial charge in [-0.05, 0) is 89.9 Å². The van der Waals surface area contributed by atoms with Crippen LogP contribution in [0.15, 0.2) is 64.6 Å². The molecule has 0 fully saturated rings. The standard InChI is InChI=1S/C28H26BrCl2N3O3/c1-4-34(5-2)21-11-9-20(10-12-21)33-28(35)19(16-32)13-18-14-23(29)27(26(15-18)36-3)37-17-22-24(30)7-6-8-25(22)31/h6-15H,4-5,17H2,1-3H3,(H,33,35)/b19-13-. The van der Waals surface area contributed by atoms with Gasteiger partial charge in [0.05, 0.1) is 11.6 Å². The molecule has 3 aromatic carbocycles. The zero-order valence-corrected chi connectivity index (χ0v) is 23.7. The van der Waals surface area contributed by atoms with Gasteiger partial charge in [0, 0.05) is 40.1 Å². The molecule has 0 aliphatic carbocycles.